The molecule has 2 aromatic carbocycles. The molecule has 1 amide bonds. The monoisotopic (exact) mass is 492 g/mol. The third kappa shape index (κ3) is 5.80. The number of nitrogens with zero attached hydrogens (tertiary/aromatic N) is 1. The van der Waals surface area contributed by atoms with Crippen LogP contribution in [0.15, 0.2) is 53.4 Å². The molecule has 0 saturated carbocycles. The molecule has 3 rings (SSSR count). The van der Waals surface area contributed by atoms with Crippen LogP contribution in [0.4, 0.5) is 5.00 Å². The Morgan fingerprint density at radius 3 is 2.34 bits per heavy atom. The predicted octanol–water partition coefficient (Wildman–Crippen LogP) is 5.16. The van der Waals surface area contributed by atoms with Gasteiger partial charge < -0.3 is 24.3 Å². The van der Waals surface area contributed by atoms with E-state index in [4.69, 9.17) is 18.9 Å². The molecule has 0 radical (unpaired) electrons. The van der Waals surface area contributed by atoms with Gasteiger partial charge in [-0.2, -0.15) is 5.26 Å². The van der Waals surface area contributed by atoms with Crippen molar-refractivity contribution in [1.82, 2.24) is 0 Å². The van der Waals surface area contributed by atoms with Gasteiger partial charge in [-0.15, -0.1) is 11.3 Å². The number of carbonyl (C=O) groups is 2. The number of methoxy groups -OCH3 is 3. The number of ether oxygens (including phenoxy) is 4. The molecule has 0 aliphatic heterocycles. The molecule has 0 bridgehead atoms. The quantitative estimate of drug-likeness (QED) is 0.250. The van der Waals surface area contributed by atoms with E-state index in [0.717, 1.165) is 5.56 Å². The number of thiophene rings is 1. The van der Waals surface area contributed by atoms with E-state index in [1.165, 1.54) is 31.6 Å². The molecule has 35 heavy (non-hydrogen) atoms. The SMILES string of the molecule is CCOC(=O)c1c(-c2ccc(OC)cc2)csc1NC(=O)/C(C#N)=C\c1ccc(OC)c(OC)c1. The van der Waals surface area contributed by atoms with E-state index in [0.29, 0.717) is 28.4 Å². The van der Waals surface area contributed by atoms with Gasteiger partial charge in [-0.1, -0.05) is 18.2 Å². The highest BCUT2D eigenvalue weighted by Gasteiger charge is 2.24. The maximum Gasteiger partial charge on any atom is 0.341 e. The minimum absolute atomic E-state index is 0.147. The molecule has 0 aliphatic rings. The van der Waals surface area contributed by atoms with Crippen molar-refractivity contribution < 1.29 is 28.5 Å². The second-order valence-corrected chi connectivity index (χ2v) is 7.92. The number of nitrogens with one attached hydrogen (secondary N) is 1. The van der Waals surface area contributed by atoms with Crippen molar-refractivity contribution in [2.24, 2.45) is 0 Å². The number of hydrogen-bond acceptors (Lipinski definition) is 8. The zero-order chi connectivity index (χ0) is 25.4. The summed E-state index contributed by atoms with van der Waals surface area (Å²) in [6, 6.07) is 14.1. The smallest absolute Gasteiger partial charge is 0.341 e. The van der Waals surface area contributed by atoms with Gasteiger partial charge in [0.15, 0.2) is 11.5 Å². The number of carbonyl (C=O) groups excluding carboxylic acids is 2. The van der Waals surface area contributed by atoms with Crippen LogP contribution in [0.1, 0.15) is 22.8 Å². The van der Waals surface area contributed by atoms with Gasteiger partial charge in [0.2, 0.25) is 0 Å². The summed E-state index contributed by atoms with van der Waals surface area (Å²) in [6.45, 7) is 1.88. The zero-order valence-electron chi connectivity index (χ0n) is 19.7. The molecule has 1 aromatic heterocycles. The maximum atomic E-state index is 13.0. The summed E-state index contributed by atoms with van der Waals surface area (Å²) in [5.41, 5.74) is 2.01. The van der Waals surface area contributed by atoms with Gasteiger partial charge in [-0.25, -0.2) is 4.79 Å². The Hall–Kier alpha value is -4.29. The van der Waals surface area contributed by atoms with Crippen LogP contribution in [0, 0.1) is 11.3 Å². The first kappa shape index (κ1) is 25.3. The van der Waals surface area contributed by atoms with Gasteiger partial charge in [-0.05, 0) is 48.4 Å². The fourth-order valence-electron chi connectivity index (χ4n) is 3.27. The molecule has 0 spiro atoms. The number of benzene rings is 2. The van der Waals surface area contributed by atoms with Crippen molar-refractivity contribution >= 4 is 34.3 Å². The van der Waals surface area contributed by atoms with Crippen molar-refractivity contribution in [3.05, 3.63) is 64.5 Å². The van der Waals surface area contributed by atoms with Gasteiger partial charge in [0.25, 0.3) is 5.91 Å². The number of esters is 1. The third-order valence-electron chi connectivity index (χ3n) is 4.98. The van der Waals surface area contributed by atoms with Crippen molar-refractivity contribution in [1.29, 1.82) is 5.26 Å². The van der Waals surface area contributed by atoms with Crippen LogP contribution < -0.4 is 19.5 Å². The highest BCUT2D eigenvalue weighted by molar-refractivity contribution is 7.15. The van der Waals surface area contributed by atoms with Crippen molar-refractivity contribution in [2.75, 3.05) is 33.3 Å². The molecule has 0 aliphatic carbocycles. The van der Waals surface area contributed by atoms with Crippen molar-refractivity contribution in [2.45, 2.75) is 6.92 Å². The Kier molecular flexibility index (Phi) is 8.48. The van der Waals surface area contributed by atoms with Crippen LogP contribution in [0.5, 0.6) is 17.2 Å². The predicted molar refractivity (Wildman–Crippen MR) is 134 cm³/mol. The lowest BCUT2D eigenvalue weighted by Crippen LogP contribution is -2.16. The molecular formula is C26H24N2O6S. The van der Waals surface area contributed by atoms with Crippen LogP contribution in [-0.2, 0) is 9.53 Å². The molecular weight excluding hydrogens is 468 g/mol. The molecule has 8 nitrogen and oxygen atoms in total. The van der Waals surface area contributed by atoms with Gasteiger partial charge in [-0.3, -0.25) is 4.79 Å². The van der Waals surface area contributed by atoms with Crippen molar-refractivity contribution in [3.63, 3.8) is 0 Å². The summed E-state index contributed by atoms with van der Waals surface area (Å²) in [6.07, 6.45) is 1.43. The Labute approximate surface area is 207 Å². The van der Waals surface area contributed by atoms with Crippen LogP contribution in [0.2, 0.25) is 0 Å². The summed E-state index contributed by atoms with van der Waals surface area (Å²) in [7, 11) is 4.58. The minimum atomic E-state index is -0.657. The molecule has 180 valence electrons. The Morgan fingerprint density at radius 2 is 1.74 bits per heavy atom. The molecule has 0 atom stereocenters. The third-order valence-corrected chi connectivity index (χ3v) is 5.88. The molecule has 1 heterocycles. The first-order valence-electron chi connectivity index (χ1n) is 10.5. The molecule has 3 aromatic rings. The number of anilines is 1. The van der Waals surface area contributed by atoms with Gasteiger partial charge in [0.1, 0.15) is 28.0 Å². The summed E-state index contributed by atoms with van der Waals surface area (Å²) >= 11 is 1.17. The second kappa shape index (κ2) is 11.7. The van der Waals surface area contributed by atoms with E-state index in [9.17, 15) is 14.9 Å². The average molecular weight is 493 g/mol. The zero-order valence-corrected chi connectivity index (χ0v) is 20.5. The summed E-state index contributed by atoms with van der Waals surface area (Å²) < 4.78 is 20.9. The van der Waals surface area contributed by atoms with E-state index in [-0.39, 0.29) is 22.7 Å². The first-order valence-corrected chi connectivity index (χ1v) is 11.4. The molecule has 0 unspecified atom stereocenters. The topological polar surface area (TPSA) is 107 Å². The first-order chi connectivity index (χ1) is 16.9. The van der Waals surface area contributed by atoms with Crippen molar-refractivity contribution in [3.8, 4) is 34.4 Å². The lowest BCUT2D eigenvalue weighted by Gasteiger charge is -2.10. The highest BCUT2D eigenvalue weighted by atomic mass is 32.1. The highest BCUT2D eigenvalue weighted by Crippen LogP contribution is 2.37. The van der Waals surface area contributed by atoms with E-state index >= 15 is 0 Å². The Morgan fingerprint density at radius 1 is 1.03 bits per heavy atom. The molecule has 0 fully saturated rings. The van der Waals surface area contributed by atoms with Crippen LogP contribution >= 0.6 is 11.3 Å². The number of hydrogen-bond donors (Lipinski definition) is 1. The Balaban J connectivity index is 1.95. The Bertz CT molecular complexity index is 1290. The fourth-order valence-corrected chi connectivity index (χ4v) is 4.22. The van der Waals surface area contributed by atoms with Crippen LogP contribution in [0.25, 0.3) is 17.2 Å². The molecule has 0 saturated heterocycles. The number of amides is 1. The lowest BCUT2D eigenvalue weighted by molar-refractivity contribution is -0.112. The van der Waals surface area contributed by atoms with Gasteiger partial charge in [0.05, 0.1) is 27.9 Å². The summed E-state index contributed by atoms with van der Waals surface area (Å²) in [5, 5.41) is 14.4. The van der Waals surface area contributed by atoms with E-state index < -0.39 is 11.9 Å². The van der Waals surface area contributed by atoms with Crippen LogP contribution in [-0.4, -0.2) is 39.8 Å². The maximum absolute atomic E-state index is 13.0. The summed E-state index contributed by atoms with van der Waals surface area (Å²) in [4.78, 5) is 25.8. The van der Waals surface area contributed by atoms with E-state index in [1.54, 1.807) is 49.7 Å². The number of nitriles is 1. The standard InChI is InChI=1S/C26H24N2O6S/c1-5-34-26(30)23-20(17-7-9-19(31-2)10-8-17)15-35-25(23)28-24(29)18(14-27)12-16-6-11-21(32-3)22(13-16)33-4/h6-13,15H,5H2,1-4H3,(H,28,29)/b18-12-. The average Bonchev–Trinajstić information content (AvgIpc) is 3.30. The molecule has 1 N–H and O–H groups in total. The van der Waals surface area contributed by atoms with Gasteiger partial charge >= 0.3 is 5.97 Å². The minimum Gasteiger partial charge on any atom is -0.497 e. The number of rotatable bonds is 9. The largest absolute Gasteiger partial charge is 0.497 e. The van der Waals surface area contributed by atoms with Crippen LogP contribution in [0.3, 0.4) is 0 Å². The lowest BCUT2D eigenvalue weighted by atomic mass is 10.0. The second-order valence-electron chi connectivity index (χ2n) is 7.04. The fraction of sp³-hybridized carbons (Fsp3) is 0.192. The van der Waals surface area contributed by atoms with E-state index in [2.05, 4.69) is 5.32 Å². The normalized spacial score (nSPS) is 10.8. The summed E-state index contributed by atoms with van der Waals surface area (Å²) in [5.74, 6) is 0.435. The molecule has 9 heteroatoms. The van der Waals surface area contributed by atoms with Gasteiger partial charge in [0, 0.05) is 10.9 Å². The van der Waals surface area contributed by atoms with E-state index in [1.807, 2.05) is 18.2 Å².